The molecular weight excluding hydrogens is 346 g/mol. The molecule has 2 aliphatic heterocycles. The van der Waals surface area contributed by atoms with Gasteiger partial charge in [0, 0.05) is 44.2 Å². The third kappa shape index (κ3) is 3.50. The molecule has 2 saturated heterocycles. The van der Waals surface area contributed by atoms with E-state index >= 15 is 0 Å². The van der Waals surface area contributed by atoms with Crippen LogP contribution in [0.25, 0.3) is 0 Å². The van der Waals surface area contributed by atoms with Gasteiger partial charge in [-0.3, -0.25) is 9.78 Å². The fourth-order valence-electron chi connectivity index (χ4n) is 3.87. The number of hydrogen-bond donors (Lipinski definition) is 0. The van der Waals surface area contributed by atoms with Crippen LogP contribution in [-0.2, 0) is 14.3 Å². The zero-order valence-corrected chi connectivity index (χ0v) is 14.4. The molecular formula is C17H22F2N4O3. The first-order valence-corrected chi connectivity index (χ1v) is 8.86. The molecule has 1 aliphatic carbocycles. The maximum Gasteiger partial charge on any atom is 0.249 e. The highest BCUT2D eigenvalue weighted by molar-refractivity contribution is 5.80. The van der Waals surface area contributed by atoms with Crippen LogP contribution in [0.15, 0.2) is 18.6 Å². The van der Waals surface area contributed by atoms with Crippen molar-refractivity contribution in [2.45, 2.75) is 24.4 Å². The van der Waals surface area contributed by atoms with Crippen LogP contribution in [-0.4, -0.2) is 78.3 Å². The summed E-state index contributed by atoms with van der Waals surface area (Å²) in [5.41, 5.74) is -0.686. The number of amides is 1. The number of carbonyl (C=O) groups excluding carboxylic acids is 1. The predicted octanol–water partition coefficient (Wildman–Crippen LogP) is 0.956. The number of alkyl halides is 2. The second-order valence-electron chi connectivity index (χ2n) is 7.29. The lowest BCUT2D eigenvalue weighted by atomic mass is 9.80. The summed E-state index contributed by atoms with van der Waals surface area (Å²) in [5, 5.41) is 0. The van der Waals surface area contributed by atoms with E-state index in [1.54, 1.807) is 23.5 Å². The van der Waals surface area contributed by atoms with E-state index in [0.29, 0.717) is 46.0 Å². The number of halogens is 2. The molecule has 3 aliphatic rings. The van der Waals surface area contributed by atoms with Crippen molar-refractivity contribution in [1.82, 2.24) is 14.9 Å². The maximum atomic E-state index is 13.1. The molecule has 26 heavy (non-hydrogen) atoms. The van der Waals surface area contributed by atoms with E-state index < -0.39 is 17.4 Å². The van der Waals surface area contributed by atoms with E-state index in [-0.39, 0.29) is 18.7 Å². The topological polar surface area (TPSA) is 67.8 Å². The summed E-state index contributed by atoms with van der Waals surface area (Å²) in [6.45, 7) is 3.16. The smallest absolute Gasteiger partial charge is 0.249 e. The van der Waals surface area contributed by atoms with E-state index in [9.17, 15) is 13.6 Å². The van der Waals surface area contributed by atoms with Gasteiger partial charge < -0.3 is 19.3 Å². The van der Waals surface area contributed by atoms with Gasteiger partial charge in [0.25, 0.3) is 0 Å². The van der Waals surface area contributed by atoms with Crippen molar-refractivity contribution < 1.29 is 23.0 Å². The molecule has 142 valence electrons. The Morgan fingerprint density at radius 3 is 2.77 bits per heavy atom. The SMILES string of the molecule is O=C(C1CC(F)(F)C1)N1CCOC2(COCCN(c3cnccn3)C2)C1. The highest BCUT2D eigenvalue weighted by Gasteiger charge is 2.51. The van der Waals surface area contributed by atoms with Crippen molar-refractivity contribution in [1.29, 1.82) is 0 Å². The Labute approximate surface area is 150 Å². The summed E-state index contributed by atoms with van der Waals surface area (Å²) in [4.78, 5) is 24.7. The second kappa shape index (κ2) is 6.70. The molecule has 1 spiro atoms. The van der Waals surface area contributed by atoms with Crippen LogP contribution in [0.5, 0.6) is 0 Å². The van der Waals surface area contributed by atoms with Gasteiger partial charge >= 0.3 is 0 Å². The lowest BCUT2D eigenvalue weighted by Gasteiger charge is -2.45. The molecule has 3 heterocycles. The van der Waals surface area contributed by atoms with Gasteiger partial charge in [0.15, 0.2) is 0 Å². The molecule has 1 unspecified atom stereocenters. The summed E-state index contributed by atoms with van der Waals surface area (Å²) in [5.74, 6) is -2.75. The minimum atomic E-state index is -2.70. The normalized spacial score (nSPS) is 29.3. The summed E-state index contributed by atoms with van der Waals surface area (Å²) >= 11 is 0. The third-order valence-corrected chi connectivity index (χ3v) is 5.22. The van der Waals surface area contributed by atoms with E-state index in [2.05, 4.69) is 9.97 Å². The Kier molecular flexibility index (Phi) is 4.52. The zero-order valence-electron chi connectivity index (χ0n) is 14.4. The van der Waals surface area contributed by atoms with Crippen molar-refractivity contribution in [2.75, 3.05) is 50.9 Å². The Morgan fingerprint density at radius 2 is 2.04 bits per heavy atom. The molecule has 0 aromatic carbocycles. The Bertz CT molecular complexity index is 655. The second-order valence-corrected chi connectivity index (χ2v) is 7.29. The Hall–Kier alpha value is -1.87. The summed E-state index contributed by atoms with van der Waals surface area (Å²) in [6, 6.07) is 0. The molecule has 0 bridgehead atoms. The minimum Gasteiger partial charge on any atom is -0.376 e. The molecule has 1 atom stereocenters. The fourth-order valence-corrected chi connectivity index (χ4v) is 3.87. The first kappa shape index (κ1) is 17.5. The number of rotatable bonds is 2. The van der Waals surface area contributed by atoms with Crippen molar-refractivity contribution >= 4 is 11.7 Å². The van der Waals surface area contributed by atoms with Crippen molar-refractivity contribution in [3.8, 4) is 0 Å². The van der Waals surface area contributed by atoms with Gasteiger partial charge in [-0.15, -0.1) is 0 Å². The average Bonchev–Trinajstić information content (AvgIpc) is 2.82. The zero-order chi connectivity index (χ0) is 18.2. The van der Waals surface area contributed by atoms with Gasteiger partial charge in [0.05, 0.1) is 39.1 Å². The van der Waals surface area contributed by atoms with Crippen LogP contribution in [0.2, 0.25) is 0 Å². The quantitative estimate of drug-likeness (QED) is 0.775. The first-order valence-electron chi connectivity index (χ1n) is 8.86. The molecule has 3 fully saturated rings. The van der Waals surface area contributed by atoms with Crippen LogP contribution in [0.3, 0.4) is 0 Å². The number of aromatic nitrogens is 2. The predicted molar refractivity (Wildman–Crippen MR) is 88.0 cm³/mol. The van der Waals surface area contributed by atoms with E-state index in [1.165, 1.54) is 0 Å². The van der Waals surface area contributed by atoms with Crippen LogP contribution < -0.4 is 4.90 Å². The summed E-state index contributed by atoms with van der Waals surface area (Å²) < 4.78 is 38.0. The standard InChI is InChI=1S/C17H22F2N4O3/c18-17(19)7-13(8-17)15(24)23-4-6-26-16(11-23)10-22(3-5-25-12-16)14-9-20-1-2-21-14/h1-2,9,13H,3-8,10-12H2. The molecule has 0 radical (unpaired) electrons. The van der Waals surface area contributed by atoms with Gasteiger partial charge in [-0.1, -0.05) is 0 Å². The number of hydrogen-bond acceptors (Lipinski definition) is 6. The highest BCUT2D eigenvalue weighted by Crippen LogP contribution is 2.43. The minimum absolute atomic E-state index is 0.200. The number of carbonyl (C=O) groups is 1. The Morgan fingerprint density at radius 1 is 1.19 bits per heavy atom. The van der Waals surface area contributed by atoms with Crippen molar-refractivity contribution in [3.63, 3.8) is 0 Å². The van der Waals surface area contributed by atoms with Crippen LogP contribution in [0.4, 0.5) is 14.6 Å². The number of anilines is 1. The first-order chi connectivity index (χ1) is 12.5. The van der Waals surface area contributed by atoms with Crippen LogP contribution in [0.1, 0.15) is 12.8 Å². The fraction of sp³-hybridized carbons (Fsp3) is 0.706. The molecule has 1 saturated carbocycles. The van der Waals surface area contributed by atoms with Gasteiger partial charge in [0.1, 0.15) is 11.4 Å². The molecule has 4 rings (SSSR count). The number of ether oxygens (including phenoxy) is 2. The number of morpholine rings is 1. The number of nitrogens with zero attached hydrogens (tertiary/aromatic N) is 4. The van der Waals surface area contributed by atoms with Crippen molar-refractivity contribution in [2.24, 2.45) is 5.92 Å². The van der Waals surface area contributed by atoms with E-state index in [4.69, 9.17) is 9.47 Å². The lowest BCUT2D eigenvalue weighted by molar-refractivity contribution is -0.176. The monoisotopic (exact) mass is 368 g/mol. The molecule has 0 N–H and O–H groups in total. The average molecular weight is 368 g/mol. The maximum absolute atomic E-state index is 13.1. The molecule has 9 heteroatoms. The summed E-state index contributed by atoms with van der Waals surface area (Å²) in [6.07, 6.45) is 4.22. The van der Waals surface area contributed by atoms with Gasteiger partial charge in [-0.2, -0.15) is 0 Å². The van der Waals surface area contributed by atoms with E-state index in [0.717, 1.165) is 5.82 Å². The Balaban J connectivity index is 1.47. The lowest BCUT2D eigenvalue weighted by Crippen LogP contribution is -2.61. The third-order valence-electron chi connectivity index (χ3n) is 5.22. The molecule has 1 amide bonds. The van der Waals surface area contributed by atoms with Crippen LogP contribution in [0, 0.1) is 5.92 Å². The molecule has 1 aromatic heterocycles. The molecule has 7 nitrogen and oxygen atoms in total. The van der Waals surface area contributed by atoms with Gasteiger partial charge in [-0.05, 0) is 0 Å². The molecule has 1 aromatic rings. The van der Waals surface area contributed by atoms with Gasteiger partial charge in [0.2, 0.25) is 11.8 Å². The van der Waals surface area contributed by atoms with Gasteiger partial charge in [-0.25, -0.2) is 13.8 Å². The van der Waals surface area contributed by atoms with E-state index in [1.807, 2.05) is 4.90 Å². The van der Waals surface area contributed by atoms with Crippen LogP contribution >= 0.6 is 0 Å². The largest absolute Gasteiger partial charge is 0.376 e. The summed E-state index contributed by atoms with van der Waals surface area (Å²) in [7, 11) is 0. The highest BCUT2D eigenvalue weighted by atomic mass is 19.3. The van der Waals surface area contributed by atoms with Crippen molar-refractivity contribution in [3.05, 3.63) is 18.6 Å².